The number of carbonyl (C=O) groups is 1. The van der Waals surface area contributed by atoms with Crippen molar-refractivity contribution in [3.63, 3.8) is 0 Å². The first-order valence-electron chi connectivity index (χ1n) is 5.50. The van der Waals surface area contributed by atoms with Gasteiger partial charge in [0.25, 0.3) is 0 Å². The number of methoxy groups -OCH3 is 1. The predicted octanol–water partition coefficient (Wildman–Crippen LogP) is 0.987. The zero-order valence-corrected chi connectivity index (χ0v) is 9.72. The van der Waals surface area contributed by atoms with E-state index in [1.165, 1.54) is 7.11 Å². The van der Waals surface area contributed by atoms with Crippen LogP contribution in [0.25, 0.3) is 5.52 Å². The van der Waals surface area contributed by atoms with Gasteiger partial charge in [0.05, 0.1) is 25.2 Å². The Labute approximate surface area is 99.4 Å². The van der Waals surface area contributed by atoms with Crippen LogP contribution < -0.4 is 5.32 Å². The topological polar surface area (TPSA) is 55.6 Å². The summed E-state index contributed by atoms with van der Waals surface area (Å²) in [6.07, 6.45) is 4.13. The summed E-state index contributed by atoms with van der Waals surface area (Å²) in [4.78, 5) is 10.9. The maximum atomic E-state index is 10.9. The van der Waals surface area contributed by atoms with E-state index in [4.69, 9.17) is 0 Å². The Kier molecular flexibility index (Phi) is 3.72. The number of rotatable bonds is 5. The Morgan fingerprint density at radius 2 is 2.41 bits per heavy atom. The van der Waals surface area contributed by atoms with Crippen molar-refractivity contribution in [1.29, 1.82) is 0 Å². The third-order valence-corrected chi connectivity index (χ3v) is 2.56. The molecule has 0 saturated heterocycles. The van der Waals surface area contributed by atoms with Crippen molar-refractivity contribution in [3.8, 4) is 0 Å². The highest BCUT2D eigenvalue weighted by Gasteiger charge is 2.03. The lowest BCUT2D eigenvalue weighted by Crippen LogP contribution is -2.18. The quantitative estimate of drug-likeness (QED) is 0.618. The predicted molar refractivity (Wildman–Crippen MR) is 63.5 cm³/mol. The molecule has 5 nitrogen and oxygen atoms in total. The van der Waals surface area contributed by atoms with Gasteiger partial charge in [-0.05, 0) is 12.1 Å². The SMILES string of the molecule is COC(=O)CCNCc1cnn2ccccc12. The van der Waals surface area contributed by atoms with Gasteiger partial charge in [-0.2, -0.15) is 5.10 Å². The molecular formula is C12H15N3O2. The normalized spacial score (nSPS) is 10.6. The number of esters is 1. The van der Waals surface area contributed by atoms with E-state index >= 15 is 0 Å². The van der Waals surface area contributed by atoms with Crippen molar-refractivity contribution in [2.24, 2.45) is 0 Å². The molecule has 0 saturated carbocycles. The smallest absolute Gasteiger partial charge is 0.306 e. The van der Waals surface area contributed by atoms with Gasteiger partial charge < -0.3 is 10.1 Å². The molecule has 0 aliphatic carbocycles. The van der Waals surface area contributed by atoms with Gasteiger partial charge in [-0.3, -0.25) is 4.79 Å². The monoisotopic (exact) mass is 233 g/mol. The van der Waals surface area contributed by atoms with Crippen LogP contribution in [0.1, 0.15) is 12.0 Å². The van der Waals surface area contributed by atoms with Crippen LogP contribution >= 0.6 is 0 Å². The lowest BCUT2D eigenvalue weighted by molar-refractivity contribution is -0.140. The highest BCUT2D eigenvalue weighted by atomic mass is 16.5. The molecule has 0 radical (unpaired) electrons. The first-order valence-corrected chi connectivity index (χ1v) is 5.50. The second-order valence-corrected chi connectivity index (χ2v) is 3.70. The second-order valence-electron chi connectivity index (χ2n) is 3.70. The number of nitrogens with one attached hydrogen (secondary N) is 1. The van der Waals surface area contributed by atoms with E-state index < -0.39 is 0 Å². The first-order chi connectivity index (χ1) is 8.31. The van der Waals surface area contributed by atoms with Gasteiger partial charge in [-0.15, -0.1) is 0 Å². The van der Waals surface area contributed by atoms with Crippen LogP contribution in [0.15, 0.2) is 30.6 Å². The molecule has 0 spiro atoms. The van der Waals surface area contributed by atoms with Crippen molar-refractivity contribution in [3.05, 3.63) is 36.2 Å². The summed E-state index contributed by atoms with van der Waals surface area (Å²) in [5.74, 6) is -0.197. The third kappa shape index (κ3) is 2.82. The molecule has 0 aliphatic heterocycles. The van der Waals surface area contributed by atoms with E-state index in [9.17, 15) is 4.79 Å². The number of nitrogens with zero attached hydrogens (tertiary/aromatic N) is 2. The van der Waals surface area contributed by atoms with Crippen LogP contribution in [-0.2, 0) is 16.1 Å². The molecule has 0 aliphatic rings. The lowest BCUT2D eigenvalue weighted by atomic mass is 10.2. The number of hydrogen-bond donors (Lipinski definition) is 1. The highest BCUT2D eigenvalue weighted by molar-refractivity contribution is 5.69. The molecule has 0 unspecified atom stereocenters. The average molecular weight is 233 g/mol. The van der Waals surface area contributed by atoms with E-state index in [0.29, 0.717) is 19.5 Å². The Morgan fingerprint density at radius 3 is 3.24 bits per heavy atom. The summed E-state index contributed by atoms with van der Waals surface area (Å²) < 4.78 is 6.39. The number of ether oxygens (including phenoxy) is 1. The molecule has 5 heteroatoms. The summed E-state index contributed by atoms with van der Waals surface area (Å²) >= 11 is 0. The zero-order valence-electron chi connectivity index (χ0n) is 9.72. The van der Waals surface area contributed by atoms with Gasteiger partial charge in [-0.1, -0.05) is 6.07 Å². The highest BCUT2D eigenvalue weighted by Crippen LogP contribution is 2.09. The maximum absolute atomic E-state index is 10.9. The molecule has 0 atom stereocenters. The van der Waals surface area contributed by atoms with Crippen molar-refractivity contribution in [2.45, 2.75) is 13.0 Å². The van der Waals surface area contributed by atoms with Gasteiger partial charge in [0, 0.05) is 24.8 Å². The van der Waals surface area contributed by atoms with Crippen LogP contribution in [0.4, 0.5) is 0 Å². The summed E-state index contributed by atoms with van der Waals surface area (Å²) in [5, 5.41) is 7.42. The van der Waals surface area contributed by atoms with E-state index in [2.05, 4.69) is 15.2 Å². The Hall–Kier alpha value is -1.88. The minimum absolute atomic E-state index is 0.197. The molecule has 2 aromatic rings. The Balaban J connectivity index is 1.89. The van der Waals surface area contributed by atoms with Crippen LogP contribution in [0.3, 0.4) is 0 Å². The molecule has 0 aromatic carbocycles. The summed E-state index contributed by atoms with van der Waals surface area (Å²) in [5.41, 5.74) is 2.20. The van der Waals surface area contributed by atoms with E-state index in [0.717, 1.165) is 11.1 Å². The molecule has 0 fully saturated rings. The molecule has 90 valence electrons. The molecule has 1 N–H and O–H groups in total. The van der Waals surface area contributed by atoms with Crippen molar-refractivity contribution in [2.75, 3.05) is 13.7 Å². The van der Waals surface area contributed by atoms with Crippen molar-refractivity contribution in [1.82, 2.24) is 14.9 Å². The summed E-state index contributed by atoms with van der Waals surface area (Å²) in [7, 11) is 1.40. The zero-order chi connectivity index (χ0) is 12.1. The third-order valence-electron chi connectivity index (χ3n) is 2.56. The van der Waals surface area contributed by atoms with Crippen LogP contribution in [-0.4, -0.2) is 29.2 Å². The molecule has 2 aromatic heterocycles. The maximum Gasteiger partial charge on any atom is 0.306 e. The number of pyridine rings is 1. The largest absolute Gasteiger partial charge is 0.469 e. The van der Waals surface area contributed by atoms with Crippen LogP contribution in [0.5, 0.6) is 0 Å². The second kappa shape index (κ2) is 5.45. The number of aromatic nitrogens is 2. The average Bonchev–Trinajstić information content (AvgIpc) is 2.78. The standard InChI is InChI=1S/C12H15N3O2/c1-17-12(16)5-6-13-8-10-9-14-15-7-3-2-4-11(10)15/h2-4,7,9,13H,5-6,8H2,1H3. The molecule has 17 heavy (non-hydrogen) atoms. The minimum Gasteiger partial charge on any atom is -0.469 e. The number of carbonyl (C=O) groups excluding carboxylic acids is 1. The molecule has 0 amide bonds. The van der Waals surface area contributed by atoms with Gasteiger partial charge >= 0.3 is 5.97 Å². The fraction of sp³-hybridized carbons (Fsp3) is 0.333. The van der Waals surface area contributed by atoms with E-state index in [1.54, 1.807) is 0 Å². The van der Waals surface area contributed by atoms with Crippen molar-refractivity contribution < 1.29 is 9.53 Å². The number of fused-ring (bicyclic) bond motifs is 1. The van der Waals surface area contributed by atoms with Gasteiger partial charge in [0.2, 0.25) is 0 Å². The van der Waals surface area contributed by atoms with E-state index in [1.807, 2.05) is 35.1 Å². The first kappa shape index (κ1) is 11.6. The molecule has 2 heterocycles. The summed E-state index contributed by atoms with van der Waals surface area (Å²) in [6.45, 7) is 1.31. The van der Waals surface area contributed by atoms with Gasteiger partial charge in [0.1, 0.15) is 0 Å². The Bertz CT molecular complexity index is 507. The number of hydrogen-bond acceptors (Lipinski definition) is 4. The Morgan fingerprint density at radius 1 is 1.53 bits per heavy atom. The molecule has 0 bridgehead atoms. The molecular weight excluding hydrogens is 218 g/mol. The van der Waals surface area contributed by atoms with Gasteiger partial charge in [-0.25, -0.2) is 4.52 Å². The van der Waals surface area contributed by atoms with Crippen LogP contribution in [0, 0.1) is 0 Å². The fourth-order valence-corrected chi connectivity index (χ4v) is 1.64. The lowest BCUT2D eigenvalue weighted by Gasteiger charge is -2.02. The van der Waals surface area contributed by atoms with E-state index in [-0.39, 0.29) is 5.97 Å². The molecule has 2 rings (SSSR count). The minimum atomic E-state index is -0.197. The fourth-order valence-electron chi connectivity index (χ4n) is 1.64. The van der Waals surface area contributed by atoms with Crippen LogP contribution in [0.2, 0.25) is 0 Å². The summed E-state index contributed by atoms with van der Waals surface area (Å²) in [6, 6.07) is 5.94. The van der Waals surface area contributed by atoms with Crippen molar-refractivity contribution >= 4 is 11.5 Å². The van der Waals surface area contributed by atoms with Gasteiger partial charge in [0.15, 0.2) is 0 Å².